The number of hydrogen-bond acceptors (Lipinski definition) is 4. The lowest BCUT2D eigenvalue weighted by Crippen LogP contribution is -2.13. The maximum absolute atomic E-state index is 11.4. The zero-order chi connectivity index (χ0) is 20.1. The first-order valence-corrected chi connectivity index (χ1v) is 7.74. The molecule has 1 amide bonds. The molecule has 27 heavy (non-hydrogen) atoms. The number of ketones is 1. The van der Waals surface area contributed by atoms with Gasteiger partial charge in [-0.15, -0.1) is 12.3 Å². The predicted octanol–water partition coefficient (Wildman–Crippen LogP) is 2.39. The van der Waals surface area contributed by atoms with Crippen LogP contribution in [0.1, 0.15) is 42.2 Å². The summed E-state index contributed by atoms with van der Waals surface area (Å²) >= 11 is 0. The number of carbonyl (C=O) groups is 4. The number of Topliss-reactive ketones (excluding diaryl/α,β-unsaturated/α-hetero) is 1. The summed E-state index contributed by atoms with van der Waals surface area (Å²) in [4.78, 5) is 43.6. The molecule has 0 saturated heterocycles. The Balaban J connectivity index is 0.000000194. The van der Waals surface area contributed by atoms with Crippen molar-refractivity contribution < 1.29 is 29.4 Å². The molecule has 1 heterocycles. The van der Waals surface area contributed by atoms with E-state index in [1.807, 2.05) is 0 Å². The average Bonchev–Trinajstić information content (AvgIpc) is 2.90. The fraction of sp³-hybridized carbons (Fsp3) is 0.100. The molecule has 0 bridgehead atoms. The number of aryl methyl sites for hydroxylation is 1. The maximum atomic E-state index is 11.4. The molecule has 0 unspecified atom stereocenters. The van der Waals surface area contributed by atoms with Crippen molar-refractivity contribution in [2.75, 3.05) is 5.32 Å². The van der Waals surface area contributed by atoms with E-state index >= 15 is 0 Å². The van der Waals surface area contributed by atoms with Gasteiger partial charge in [-0.2, -0.15) is 0 Å². The van der Waals surface area contributed by atoms with Crippen LogP contribution in [0.25, 0.3) is 0 Å². The third-order valence-corrected chi connectivity index (χ3v) is 3.70. The van der Waals surface area contributed by atoms with E-state index in [9.17, 15) is 19.2 Å². The highest BCUT2D eigenvalue weighted by Gasteiger charge is 2.29. The van der Waals surface area contributed by atoms with Crippen molar-refractivity contribution in [1.29, 1.82) is 0 Å². The van der Waals surface area contributed by atoms with Crippen molar-refractivity contribution in [3.05, 3.63) is 64.2 Å². The van der Waals surface area contributed by atoms with Gasteiger partial charge in [-0.3, -0.25) is 9.59 Å². The molecular weight excluding hydrogens is 350 g/mol. The monoisotopic (exact) mass is 365 g/mol. The van der Waals surface area contributed by atoms with Crippen LogP contribution in [0.2, 0.25) is 0 Å². The molecule has 2 aromatic carbocycles. The Hall–Kier alpha value is -3.92. The van der Waals surface area contributed by atoms with Gasteiger partial charge in [-0.05, 0) is 42.3 Å². The normalized spacial score (nSPS) is 11.6. The highest BCUT2D eigenvalue weighted by molar-refractivity contribution is 6.52. The van der Waals surface area contributed by atoms with Crippen LogP contribution in [0, 0.1) is 19.3 Å². The molecule has 2 aromatic rings. The van der Waals surface area contributed by atoms with E-state index in [1.54, 1.807) is 25.1 Å². The van der Waals surface area contributed by atoms with Crippen LogP contribution in [-0.4, -0.2) is 33.8 Å². The van der Waals surface area contributed by atoms with E-state index in [0.29, 0.717) is 23.2 Å². The molecule has 0 saturated carbocycles. The molecule has 0 atom stereocenters. The lowest BCUT2D eigenvalue weighted by atomic mass is 10.0. The van der Waals surface area contributed by atoms with Gasteiger partial charge in [0.25, 0.3) is 11.7 Å². The van der Waals surface area contributed by atoms with E-state index in [4.69, 9.17) is 16.6 Å². The second kappa shape index (κ2) is 7.97. The summed E-state index contributed by atoms with van der Waals surface area (Å²) in [6.45, 7) is 1.65. The second-order valence-electron chi connectivity index (χ2n) is 5.70. The topological polar surface area (TPSA) is 121 Å². The Morgan fingerprint density at radius 1 is 1.07 bits per heavy atom. The number of amides is 1. The van der Waals surface area contributed by atoms with Crippen LogP contribution in [0.15, 0.2) is 36.4 Å². The number of anilines is 1. The summed E-state index contributed by atoms with van der Waals surface area (Å²) in [5.74, 6) is -0.855. The highest BCUT2D eigenvalue weighted by atomic mass is 16.4. The fourth-order valence-electron chi connectivity index (χ4n) is 2.55. The van der Waals surface area contributed by atoms with Gasteiger partial charge in [-0.25, -0.2) is 9.59 Å². The van der Waals surface area contributed by atoms with Crippen molar-refractivity contribution in [1.82, 2.24) is 0 Å². The minimum Gasteiger partial charge on any atom is -0.478 e. The first-order chi connectivity index (χ1) is 12.7. The van der Waals surface area contributed by atoms with Gasteiger partial charge in [0, 0.05) is 6.42 Å². The van der Waals surface area contributed by atoms with Crippen LogP contribution in [0.4, 0.5) is 5.69 Å². The van der Waals surface area contributed by atoms with Crippen LogP contribution in [0.5, 0.6) is 0 Å². The lowest BCUT2D eigenvalue weighted by molar-refractivity contribution is -0.112. The molecule has 1 aliphatic heterocycles. The number of terminal acetylenes is 1. The lowest BCUT2D eigenvalue weighted by Gasteiger charge is -2.01. The molecule has 0 fully saturated rings. The number of fused-ring (bicyclic) bond motifs is 1. The first-order valence-electron chi connectivity index (χ1n) is 7.74. The van der Waals surface area contributed by atoms with E-state index in [2.05, 4.69) is 11.2 Å². The fourth-order valence-corrected chi connectivity index (χ4v) is 2.55. The summed E-state index contributed by atoms with van der Waals surface area (Å²) in [5, 5.41) is 19.7. The SMILES string of the molecule is C#CCc1cccc2c1C(=O)C(=O)N2.Cc1cc(C(=O)O)cc(C(=O)O)c1. The highest BCUT2D eigenvalue weighted by Crippen LogP contribution is 2.26. The minimum atomic E-state index is -1.12. The van der Waals surface area contributed by atoms with Crippen LogP contribution in [-0.2, 0) is 11.2 Å². The van der Waals surface area contributed by atoms with Crippen molar-refractivity contribution in [3.63, 3.8) is 0 Å². The minimum absolute atomic E-state index is 0.00241. The molecule has 3 rings (SSSR count). The third kappa shape index (κ3) is 4.38. The Morgan fingerprint density at radius 2 is 1.67 bits per heavy atom. The number of nitrogens with one attached hydrogen (secondary N) is 1. The number of rotatable bonds is 3. The summed E-state index contributed by atoms with van der Waals surface area (Å²) in [6, 6.07) is 9.21. The molecule has 0 aromatic heterocycles. The zero-order valence-corrected chi connectivity index (χ0v) is 14.3. The van der Waals surface area contributed by atoms with Crippen LogP contribution < -0.4 is 5.32 Å². The molecular formula is C20H15NO6. The van der Waals surface area contributed by atoms with Gasteiger partial charge >= 0.3 is 11.9 Å². The first kappa shape index (κ1) is 19.4. The molecule has 1 aliphatic rings. The number of hydrogen-bond donors (Lipinski definition) is 3. The third-order valence-electron chi connectivity index (χ3n) is 3.70. The standard InChI is InChI=1S/C11H7NO2.C9H8O4/c1-2-4-7-5-3-6-8-9(7)10(13)11(14)12-8;1-5-2-6(8(10)11)4-7(3-5)9(12)13/h1,3,5-6H,4H2,(H,12,13,14);2-4H,1H3,(H,10,11)(H,12,13). The van der Waals surface area contributed by atoms with Crippen LogP contribution >= 0.6 is 0 Å². The van der Waals surface area contributed by atoms with Crippen molar-refractivity contribution in [2.24, 2.45) is 0 Å². The number of benzene rings is 2. The molecule has 0 spiro atoms. The largest absolute Gasteiger partial charge is 0.478 e. The molecule has 0 aliphatic carbocycles. The number of carboxylic acid groups (broad SMARTS) is 2. The maximum Gasteiger partial charge on any atom is 0.335 e. The number of aromatic carboxylic acids is 2. The van der Waals surface area contributed by atoms with E-state index in [1.165, 1.54) is 12.1 Å². The van der Waals surface area contributed by atoms with Crippen molar-refractivity contribution >= 4 is 29.3 Å². The zero-order valence-electron chi connectivity index (χ0n) is 14.3. The second-order valence-corrected chi connectivity index (χ2v) is 5.70. The molecule has 7 nitrogen and oxygen atoms in total. The average molecular weight is 365 g/mol. The smallest absolute Gasteiger partial charge is 0.335 e. The molecule has 136 valence electrons. The molecule has 3 N–H and O–H groups in total. The van der Waals surface area contributed by atoms with Gasteiger partial charge in [0.2, 0.25) is 0 Å². The van der Waals surface area contributed by atoms with Gasteiger partial charge in [-0.1, -0.05) is 12.1 Å². The predicted molar refractivity (Wildman–Crippen MR) is 97.0 cm³/mol. The number of carboxylic acids is 2. The Kier molecular flexibility index (Phi) is 5.73. The quantitative estimate of drug-likeness (QED) is 0.567. The van der Waals surface area contributed by atoms with Crippen LogP contribution in [0.3, 0.4) is 0 Å². The van der Waals surface area contributed by atoms with Gasteiger partial charge < -0.3 is 15.5 Å². The van der Waals surface area contributed by atoms with Gasteiger partial charge in [0.15, 0.2) is 0 Å². The molecule has 7 heteroatoms. The Labute approximate surface area is 154 Å². The summed E-state index contributed by atoms with van der Waals surface area (Å²) in [7, 11) is 0. The molecule has 0 radical (unpaired) electrons. The van der Waals surface area contributed by atoms with E-state index in [-0.39, 0.29) is 11.1 Å². The number of carbonyl (C=O) groups excluding carboxylic acids is 2. The van der Waals surface area contributed by atoms with Gasteiger partial charge in [0.1, 0.15) is 0 Å². The summed E-state index contributed by atoms with van der Waals surface area (Å²) in [5.41, 5.74) is 2.34. The van der Waals surface area contributed by atoms with Crippen molar-refractivity contribution in [2.45, 2.75) is 13.3 Å². The Morgan fingerprint density at radius 3 is 2.19 bits per heavy atom. The van der Waals surface area contributed by atoms with Crippen molar-refractivity contribution in [3.8, 4) is 12.3 Å². The van der Waals surface area contributed by atoms with Gasteiger partial charge in [0.05, 0.1) is 22.4 Å². The van der Waals surface area contributed by atoms with E-state index < -0.39 is 23.6 Å². The van der Waals surface area contributed by atoms with E-state index in [0.717, 1.165) is 11.6 Å². The summed E-state index contributed by atoms with van der Waals surface area (Å²) in [6.07, 6.45) is 5.53. The summed E-state index contributed by atoms with van der Waals surface area (Å²) < 4.78 is 0. The Bertz CT molecular complexity index is 968.